The molecule has 1 aromatic rings. The Morgan fingerprint density at radius 2 is 2.36 bits per heavy atom. The number of amides is 1. The fourth-order valence-corrected chi connectivity index (χ4v) is 1.67. The molecule has 0 aromatic carbocycles. The molecule has 2 N–H and O–H groups in total. The number of primary amides is 1. The Kier molecular flexibility index (Phi) is 1.73. The predicted molar refractivity (Wildman–Crippen MR) is 45.7 cm³/mol. The van der Waals surface area contributed by atoms with Crippen molar-refractivity contribution in [1.82, 2.24) is 9.78 Å². The van der Waals surface area contributed by atoms with Gasteiger partial charge < -0.3 is 5.73 Å². The smallest absolute Gasteiger partial charge is 0.323 e. The third-order valence-electron chi connectivity index (χ3n) is 2.23. The third kappa shape index (κ3) is 1.05. The second kappa shape index (κ2) is 2.79. The van der Waals surface area contributed by atoms with Crippen molar-refractivity contribution in [3.05, 3.63) is 21.5 Å². The van der Waals surface area contributed by atoms with Crippen LogP contribution >= 0.6 is 0 Å². The van der Waals surface area contributed by atoms with Gasteiger partial charge in [-0.25, -0.2) is 0 Å². The number of rotatable bonds is 2. The number of hydrogen-bond acceptors (Lipinski definition) is 4. The molecule has 2 rings (SSSR count). The number of fused-ring (bicyclic) bond motifs is 1. The molecule has 0 spiro atoms. The molecule has 0 saturated heterocycles. The molecule has 14 heavy (non-hydrogen) atoms. The summed E-state index contributed by atoms with van der Waals surface area (Å²) in [6.45, 7) is 0.615. The van der Waals surface area contributed by atoms with Crippen LogP contribution in [0.1, 0.15) is 22.6 Å². The summed E-state index contributed by atoms with van der Waals surface area (Å²) in [6.07, 6.45) is 1.40. The van der Waals surface area contributed by atoms with Crippen LogP contribution in [0.25, 0.3) is 0 Å². The summed E-state index contributed by atoms with van der Waals surface area (Å²) >= 11 is 0. The molecule has 0 fully saturated rings. The van der Waals surface area contributed by atoms with Gasteiger partial charge in [0, 0.05) is 6.54 Å². The van der Waals surface area contributed by atoms with Gasteiger partial charge in [0.25, 0.3) is 5.91 Å². The molecule has 7 nitrogen and oxygen atoms in total. The van der Waals surface area contributed by atoms with E-state index in [4.69, 9.17) is 5.73 Å². The van der Waals surface area contributed by atoms with Crippen molar-refractivity contribution in [3.8, 4) is 0 Å². The van der Waals surface area contributed by atoms with E-state index in [1.54, 1.807) is 0 Å². The van der Waals surface area contributed by atoms with Gasteiger partial charge in [-0.3, -0.25) is 19.6 Å². The summed E-state index contributed by atoms with van der Waals surface area (Å²) in [7, 11) is 0. The first kappa shape index (κ1) is 8.67. The lowest BCUT2D eigenvalue weighted by Crippen LogP contribution is -2.14. The first-order valence-corrected chi connectivity index (χ1v) is 4.15. The Bertz CT molecular complexity index is 423. The van der Waals surface area contributed by atoms with Crippen LogP contribution < -0.4 is 5.73 Å². The molecule has 2 heterocycles. The number of aryl methyl sites for hydroxylation is 1. The SMILES string of the molecule is NC(=O)c1nn2c(c1[N+](=O)[O-])CCC2. The number of carbonyl (C=O) groups excluding carboxylic acids is 1. The van der Waals surface area contributed by atoms with Gasteiger partial charge in [-0.1, -0.05) is 0 Å². The van der Waals surface area contributed by atoms with Crippen molar-refractivity contribution in [3.63, 3.8) is 0 Å². The van der Waals surface area contributed by atoms with Gasteiger partial charge in [0.2, 0.25) is 5.69 Å². The molecule has 0 bridgehead atoms. The summed E-state index contributed by atoms with van der Waals surface area (Å²) in [4.78, 5) is 21.0. The number of nitrogens with two attached hydrogens (primary N) is 1. The fourth-order valence-electron chi connectivity index (χ4n) is 1.67. The number of nitrogens with zero attached hydrogens (tertiary/aromatic N) is 3. The van der Waals surface area contributed by atoms with Gasteiger partial charge in [0.1, 0.15) is 5.69 Å². The number of aromatic nitrogens is 2. The first-order valence-electron chi connectivity index (χ1n) is 4.15. The zero-order chi connectivity index (χ0) is 10.3. The molecule has 1 aliphatic rings. The van der Waals surface area contributed by atoms with E-state index in [0.29, 0.717) is 18.7 Å². The quantitative estimate of drug-likeness (QED) is 0.524. The highest BCUT2D eigenvalue weighted by molar-refractivity contribution is 5.95. The molecule has 1 aromatic heterocycles. The maximum absolute atomic E-state index is 10.9. The molecular weight excluding hydrogens is 188 g/mol. The minimum Gasteiger partial charge on any atom is -0.364 e. The lowest BCUT2D eigenvalue weighted by atomic mass is 10.2. The first-order chi connectivity index (χ1) is 6.61. The second-order valence-electron chi connectivity index (χ2n) is 3.09. The fraction of sp³-hybridized carbons (Fsp3) is 0.429. The van der Waals surface area contributed by atoms with Gasteiger partial charge in [-0.15, -0.1) is 0 Å². The molecule has 0 aliphatic carbocycles. The standard InChI is InChI=1S/C7H8N4O3/c8-7(12)5-6(11(13)14)4-2-1-3-10(4)9-5/h1-3H2,(H2,8,12). The minimum absolute atomic E-state index is 0.227. The molecule has 74 valence electrons. The zero-order valence-corrected chi connectivity index (χ0v) is 7.27. The van der Waals surface area contributed by atoms with Crippen LogP contribution in [0.3, 0.4) is 0 Å². The second-order valence-corrected chi connectivity index (χ2v) is 3.09. The maximum Gasteiger partial charge on any atom is 0.323 e. The normalized spacial score (nSPS) is 14.0. The van der Waals surface area contributed by atoms with E-state index >= 15 is 0 Å². The van der Waals surface area contributed by atoms with E-state index in [1.165, 1.54) is 4.68 Å². The van der Waals surface area contributed by atoms with Gasteiger partial charge in [-0.2, -0.15) is 5.10 Å². The maximum atomic E-state index is 10.9. The molecule has 0 radical (unpaired) electrons. The highest BCUT2D eigenvalue weighted by Gasteiger charge is 2.32. The van der Waals surface area contributed by atoms with Crippen LogP contribution in [-0.4, -0.2) is 20.6 Å². The molecular formula is C7H8N4O3. The predicted octanol–water partition coefficient (Wildman–Crippen LogP) is -0.164. The van der Waals surface area contributed by atoms with Crippen molar-refractivity contribution in [2.75, 3.05) is 0 Å². The highest BCUT2D eigenvalue weighted by atomic mass is 16.6. The average Bonchev–Trinajstić information content (AvgIpc) is 2.58. The lowest BCUT2D eigenvalue weighted by molar-refractivity contribution is -0.385. The molecule has 1 aliphatic heterocycles. The van der Waals surface area contributed by atoms with Crippen LogP contribution in [-0.2, 0) is 13.0 Å². The Hall–Kier alpha value is -1.92. The van der Waals surface area contributed by atoms with Crippen LogP contribution in [0.5, 0.6) is 0 Å². The third-order valence-corrected chi connectivity index (χ3v) is 2.23. The van der Waals surface area contributed by atoms with Crippen molar-refractivity contribution in [1.29, 1.82) is 0 Å². The summed E-state index contributed by atoms with van der Waals surface area (Å²) in [5.74, 6) is -0.849. The molecule has 0 unspecified atom stereocenters. The summed E-state index contributed by atoms with van der Waals surface area (Å²) in [5, 5.41) is 14.5. The van der Waals surface area contributed by atoms with Gasteiger partial charge in [0.05, 0.1) is 4.92 Å². The Balaban J connectivity index is 2.62. The summed E-state index contributed by atoms with van der Waals surface area (Å²) < 4.78 is 1.48. The van der Waals surface area contributed by atoms with Gasteiger partial charge in [0.15, 0.2) is 0 Å². The van der Waals surface area contributed by atoms with Gasteiger partial charge >= 0.3 is 5.69 Å². The van der Waals surface area contributed by atoms with E-state index in [0.717, 1.165) is 6.42 Å². The Labute approximate surface area is 78.6 Å². The largest absolute Gasteiger partial charge is 0.364 e. The summed E-state index contributed by atoms with van der Waals surface area (Å²) in [5.41, 5.74) is 5.04. The van der Waals surface area contributed by atoms with E-state index in [-0.39, 0.29) is 11.4 Å². The van der Waals surface area contributed by atoms with Crippen LogP contribution in [0.15, 0.2) is 0 Å². The minimum atomic E-state index is -0.849. The van der Waals surface area contributed by atoms with Crippen molar-refractivity contribution >= 4 is 11.6 Å². The van der Waals surface area contributed by atoms with E-state index < -0.39 is 10.8 Å². The van der Waals surface area contributed by atoms with Crippen molar-refractivity contribution in [2.24, 2.45) is 5.73 Å². The van der Waals surface area contributed by atoms with Crippen molar-refractivity contribution < 1.29 is 9.72 Å². The monoisotopic (exact) mass is 196 g/mol. The number of carbonyl (C=O) groups is 1. The number of nitro groups is 1. The topological polar surface area (TPSA) is 104 Å². The Morgan fingerprint density at radius 3 is 2.93 bits per heavy atom. The molecule has 1 amide bonds. The average molecular weight is 196 g/mol. The van der Waals surface area contributed by atoms with Crippen molar-refractivity contribution in [2.45, 2.75) is 19.4 Å². The van der Waals surface area contributed by atoms with E-state index in [9.17, 15) is 14.9 Å². The molecule has 0 atom stereocenters. The van der Waals surface area contributed by atoms with Crippen LogP contribution in [0.2, 0.25) is 0 Å². The number of hydrogen-bond donors (Lipinski definition) is 1. The van der Waals surface area contributed by atoms with Crippen LogP contribution in [0, 0.1) is 10.1 Å². The molecule has 7 heteroatoms. The summed E-state index contributed by atoms with van der Waals surface area (Å²) in [6, 6.07) is 0. The lowest BCUT2D eigenvalue weighted by Gasteiger charge is -1.90. The Morgan fingerprint density at radius 1 is 1.64 bits per heavy atom. The van der Waals surface area contributed by atoms with Gasteiger partial charge in [-0.05, 0) is 12.8 Å². The molecule has 0 saturated carbocycles. The zero-order valence-electron chi connectivity index (χ0n) is 7.27. The van der Waals surface area contributed by atoms with E-state index in [1.807, 2.05) is 0 Å². The van der Waals surface area contributed by atoms with Crippen LogP contribution in [0.4, 0.5) is 5.69 Å². The van der Waals surface area contributed by atoms with E-state index in [2.05, 4.69) is 5.10 Å². The highest BCUT2D eigenvalue weighted by Crippen LogP contribution is 2.28.